The molecule has 82 valence electrons. The highest BCUT2D eigenvalue weighted by Gasteiger charge is 2.16. The van der Waals surface area contributed by atoms with Gasteiger partial charge in [-0.3, -0.25) is 4.79 Å². The molecule has 1 unspecified atom stereocenters. The molecule has 0 amide bonds. The first-order chi connectivity index (χ1) is 6.68. The first-order valence-corrected chi connectivity index (χ1v) is 5.59. The lowest BCUT2D eigenvalue weighted by molar-refractivity contribution is -0.137. The zero-order chi connectivity index (χ0) is 10.4. The summed E-state index contributed by atoms with van der Waals surface area (Å²) < 4.78 is 0. The summed E-state index contributed by atoms with van der Waals surface area (Å²) in [7, 11) is 2.17. The fourth-order valence-electron chi connectivity index (χ4n) is 2.22. The summed E-state index contributed by atoms with van der Waals surface area (Å²) in [5.74, 6) is 0.147. The van der Waals surface area contributed by atoms with Crippen molar-refractivity contribution >= 4 is 5.97 Å². The van der Waals surface area contributed by atoms with Crippen LogP contribution in [0.2, 0.25) is 0 Å². The van der Waals surface area contributed by atoms with Crippen molar-refractivity contribution in [2.24, 2.45) is 5.92 Å². The van der Waals surface area contributed by atoms with Gasteiger partial charge in [-0.25, -0.2) is 0 Å². The van der Waals surface area contributed by atoms with Crippen LogP contribution < -0.4 is 0 Å². The van der Waals surface area contributed by atoms with E-state index in [4.69, 9.17) is 5.11 Å². The third-order valence-electron chi connectivity index (χ3n) is 2.98. The largest absolute Gasteiger partial charge is 0.481 e. The summed E-state index contributed by atoms with van der Waals surface area (Å²) in [5.41, 5.74) is 0. The van der Waals surface area contributed by atoms with Gasteiger partial charge in [0, 0.05) is 13.0 Å². The molecule has 0 aliphatic carbocycles. The van der Waals surface area contributed by atoms with Gasteiger partial charge in [0.05, 0.1) is 0 Å². The molecule has 3 heteroatoms. The maximum absolute atomic E-state index is 10.3. The summed E-state index contributed by atoms with van der Waals surface area (Å²) >= 11 is 0. The Bertz CT molecular complexity index is 182. The molecule has 0 spiro atoms. The van der Waals surface area contributed by atoms with E-state index in [0.29, 0.717) is 6.42 Å². The van der Waals surface area contributed by atoms with E-state index >= 15 is 0 Å². The summed E-state index contributed by atoms with van der Waals surface area (Å²) in [6.45, 7) is 2.43. The molecule has 0 aromatic rings. The Morgan fingerprint density at radius 2 is 2.29 bits per heavy atom. The van der Waals surface area contributed by atoms with E-state index in [1.54, 1.807) is 0 Å². The molecular weight excluding hydrogens is 178 g/mol. The molecular formula is C11H21NO2. The average Bonchev–Trinajstić information content (AvgIpc) is 2.12. The molecule has 0 aromatic carbocycles. The van der Waals surface area contributed by atoms with E-state index in [9.17, 15) is 4.79 Å². The zero-order valence-corrected chi connectivity index (χ0v) is 9.04. The number of nitrogens with zero attached hydrogens (tertiary/aromatic N) is 1. The van der Waals surface area contributed by atoms with Gasteiger partial charge in [-0.15, -0.1) is 0 Å². The van der Waals surface area contributed by atoms with E-state index in [2.05, 4.69) is 11.9 Å². The van der Waals surface area contributed by atoms with Crippen molar-refractivity contribution in [3.63, 3.8) is 0 Å². The van der Waals surface area contributed by atoms with Crippen molar-refractivity contribution in [1.82, 2.24) is 4.90 Å². The third kappa shape index (κ3) is 4.61. The topological polar surface area (TPSA) is 40.5 Å². The molecule has 1 rings (SSSR count). The van der Waals surface area contributed by atoms with E-state index in [1.165, 1.54) is 32.4 Å². The molecule has 1 heterocycles. The molecule has 14 heavy (non-hydrogen) atoms. The van der Waals surface area contributed by atoms with E-state index in [0.717, 1.165) is 18.8 Å². The fraction of sp³-hybridized carbons (Fsp3) is 0.909. The minimum Gasteiger partial charge on any atom is -0.481 e. The highest BCUT2D eigenvalue weighted by molar-refractivity contribution is 5.66. The van der Waals surface area contributed by atoms with Crippen LogP contribution in [-0.2, 0) is 4.79 Å². The zero-order valence-electron chi connectivity index (χ0n) is 9.04. The Morgan fingerprint density at radius 3 is 2.93 bits per heavy atom. The number of carboxylic acids is 1. The molecule has 0 bridgehead atoms. The van der Waals surface area contributed by atoms with Gasteiger partial charge in [-0.05, 0) is 45.2 Å². The lowest BCUT2D eigenvalue weighted by Gasteiger charge is -2.29. The highest BCUT2D eigenvalue weighted by atomic mass is 16.4. The number of likely N-dealkylation sites (tertiary alicyclic amines) is 1. The smallest absolute Gasteiger partial charge is 0.303 e. The second-order valence-electron chi connectivity index (χ2n) is 4.41. The van der Waals surface area contributed by atoms with Crippen LogP contribution >= 0.6 is 0 Å². The van der Waals surface area contributed by atoms with Gasteiger partial charge in [0.1, 0.15) is 0 Å². The van der Waals surface area contributed by atoms with Gasteiger partial charge in [0.2, 0.25) is 0 Å². The van der Waals surface area contributed by atoms with Crippen molar-refractivity contribution in [2.45, 2.75) is 38.5 Å². The van der Waals surface area contributed by atoms with Gasteiger partial charge in [0.25, 0.3) is 0 Å². The standard InChI is InChI=1S/C11H21NO2/c1-12-8-4-6-10(9-12)5-2-3-7-11(13)14/h10H,2-9H2,1H3,(H,13,14). The van der Waals surface area contributed by atoms with Crippen molar-refractivity contribution in [3.8, 4) is 0 Å². The predicted molar refractivity (Wildman–Crippen MR) is 56.3 cm³/mol. The molecule has 1 aliphatic heterocycles. The van der Waals surface area contributed by atoms with E-state index in [1.807, 2.05) is 0 Å². The maximum Gasteiger partial charge on any atom is 0.303 e. The van der Waals surface area contributed by atoms with Crippen molar-refractivity contribution < 1.29 is 9.90 Å². The molecule has 0 radical (unpaired) electrons. The van der Waals surface area contributed by atoms with Crippen molar-refractivity contribution in [1.29, 1.82) is 0 Å². The predicted octanol–water partition coefficient (Wildman–Crippen LogP) is 1.97. The molecule has 1 saturated heterocycles. The van der Waals surface area contributed by atoms with Crippen LogP contribution in [0.1, 0.15) is 38.5 Å². The molecule has 3 nitrogen and oxygen atoms in total. The minimum atomic E-state index is -0.661. The highest BCUT2D eigenvalue weighted by Crippen LogP contribution is 2.20. The van der Waals surface area contributed by atoms with Crippen molar-refractivity contribution in [3.05, 3.63) is 0 Å². The number of carbonyl (C=O) groups is 1. The van der Waals surface area contributed by atoms with Crippen LogP contribution in [0.4, 0.5) is 0 Å². The van der Waals surface area contributed by atoms with E-state index < -0.39 is 5.97 Å². The van der Waals surface area contributed by atoms with Gasteiger partial charge in [0.15, 0.2) is 0 Å². The monoisotopic (exact) mass is 199 g/mol. The van der Waals surface area contributed by atoms with Crippen LogP contribution in [0, 0.1) is 5.92 Å². The maximum atomic E-state index is 10.3. The van der Waals surface area contributed by atoms with E-state index in [-0.39, 0.29) is 0 Å². The number of aliphatic carboxylic acids is 1. The molecule has 0 saturated carbocycles. The minimum absolute atomic E-state index is 0.336. The second-order valence-corrected chi connectivity index (χ2v) is 4.41. The Labute approximate surface area is 86.1 Å². The normalized spacial score (nSPS) is 23.6. The quantitative estimate of drug-likeness (QED) is 0.688. The Kier molecular flexibility index (Phi) is 4.94. The lowest BCUT2D eigenvalue weighted by atomic mass is 9.93. The molecule has 1 aliphatic rings. The number of rotatable bonds is 5. The SMILES string of the molecule is CN1CCCC(CCCCC(=O)O)C1. The fourth-order valence-corrected chi connectivity index (χ4v) is 2.22. The molecule has 1 atom stereocenters. The van der Waals surface area contributed by atoms with Gasteiger partial charge in [-0.2, -0.15) is 0 Å². The van der Waals surface area contributed by atoms with Crippen LogP contribution in [0.5, 0.6) is 0 Å². The first-order valence-electron chi connectivity index (χ1n) is 5.59. The van der Waals surface area contributed by atoms with Crippen LogP contribution in [0.3, 0.4) is 0 Å². The summed E-state index contributed by atoms with van der Waals surface area (Å²) in [6.07, 6.45) is 6.10. The Hall–Kier alpha value is -0.570. The van der Waals surface area contributed by atoms with Gasteiger partial charge < -0.3 is 10.0 Å². The number of hydrogen-bond donors (Lipinski definition) is 1. The van der Waals surface area contributed by atoms with Crippen molar-refractivity contribution in [2.75, 3.05) is 20.1 Å². The van der Waals surface area contributed by atoms with Crippen LogP contribution in [-0.4, -0.2) is 36.1 Å². The number of hydrogen-bond acceptors (Lipinski definition) is 2. The van der Waals surface area contributed by atoms with Gasteiger partial charge in [-0.1, -0.05) is 6.42 Å². The van der Waals surface area contributed by atoms with Crippen LogP contribution in [0.25, 0.3) is 0 Å². The lowest BCUT2D eigenvalue weighted by Crippen LogP contribution is -2.31. The number of carboxylic acid groups (broad SMARTS) is 1. The summed E-state index contributed by atoms with van der Waals surface area (Å²) in [4.78, 5) is 12.7. The molecule has 1 N–H and O–H groups in total. The Balaban J connectivity index is 2.03. The molecule has 1 fully saturated rings. The Morgan fingerprint density at radius 1 is 1.50 bits per heavy atom. The third-order valence-corrected chi connectivity index (χ3v) is 2.98. The molecule has 0 aromatic heterocycles. The average molecular weight is 199 g/mol. The first kappa shape index (κ1) is 11.5. The second kappa shape index (κ2) is 6.02. The number of piperidine rings is 1. The summed E-state index contributed by atoms with van der Waals surface area (Å²) in [6, 6.07) is 0. The van der Waals surface area contributed by atoms with Gasteiger partial charge >= 0.3 is 5.97 Å². The summed E-state index contributed by atoms with van der Waals surface area (Å²) in [5, 5.41) is 8.48. The van der Waals surface area contributed by atoms with Crippen LogP contribution in [0.15, 0.2) is 0 Å². The number of unbranched alkanes of at least 4 members (excludes halogenated alkanes) is 1.